The molecule has 1 amide bonds. The van der Waals surface area contributed by atoms with E-state index in [2.05, 4.69) is 10.2 Å². The number of benzene rings is 1. The Hall–Kier alpha value is -2.33. The smallest absolute Gasteiger partial charge is 0.273 e. The van der Waals surface area contributed by atoms with Crippen molar-refractivity contribution in [3.63, 3.8) is 0 Å². The number of halogens is 2. The van der Waals surface area contributed by atoms with Crippen molar-refractivity contribution in [2.24, 2.45) is 5.14 Å². The summed E-state index contributed by atoms with van der Waals surface area (Å²) in [5.41, 5.74) is -0.795. The average Bonchev–Trinajstić information content (AvgIpc) is 2.85. The first-order chi connectivity index (χ1) is 9.29. The van der Waals surface area contributed by atoms with E-state index in [9.17, 15) is 22.0 Å². The first-order valence-corrected chi connectivity index (χ1v) is 6.66. The molecule has 0 saturated heterocycles. The fourth-order valence-corrected chi connectivity index (χ4v) is 1.93. The number of aromatic nitrogens is 2. The van der Waals surface area contributed by atoms with Crippen LogP contribution in [0.15, 0.2) is 29.3 Å². The molecule has 20 heavy (non-hydrogen) atoms. The molecule has 1 aromatic carbocycles. The van der Waals surface area contributed by atoms with Crippen LogP contribution in [0.5, 0.6) is 0 Å². The first-order valence-electron chi connectivity index (χ1n) is 5.11. The number of hydrogen-bond acceptors (Lipinski definition) is 4. The second-order valence-electron chi connectivity index (χ2n) is 3.73. The molecule has 1 heterocycles. The van der Waals surface area contributed by atoms with E-state index in [1.165, 1.54) is 12.3 Å². The highest BCUT2D eigenvalue weighted by molar-refractivity contribution is 7.89. The van der Waals surface area contributed by atoms with E-state index in [1.807, 2.05) is 5.32 Å². The average molecular weight is 302 g/mol. The van der Waals surface area contributed by atoms with Crippen LogP contribution in [0, 0.1) is 11.6 Å². The fraction of sp³-hybridized carbons (Fsp3) is 0. The van der Waals surface area contributed by atoms with Crippen molar-refractivity contribution in [1.82, 2.24) is 10.2 Å². The third-order valence-electron chi connectivity index (χ3n) is 2.33. The number of carbonyl (C=O) groups is 1. The molecule has 0 aliphatic rings. The molecule has 0 aliphatic heterocycles. The Morgan fingerprint density at radius 2 is 1.90 bits per heavy atom. The minimum absolute atomic E-state index is 0.0145. The quantitative estimate of drug-likeness (QED) is 0.768. The number of nitrogens with two attached hydrogens (primary N) is 1. The molecule has 0 unspecified atom stereocenters. The largest absolute Gasteiger partial charge is 0.316 e. The molecule has 2 aromatic rings. The standard InChI is InChI=1S/C10H8F2N4O3S/c11-6-3-5(20(13,18)19)4-7(12)9(6)15-10(17)8-1-2-14-16-8/h1-4H,(H,14,16)(H,15,17)(H2,13,18,19). The van der Waals surface area contributed by atoms with Crippen molar-refractivity contribution < 1.29 is 22.0 Å². The zero-order chi connectivity index (χ0) is 14.9. The molecule has 106 valence electrons. The molecule has 0 spiro atoms. The van der Waals surface area contributed by atoms with Crippen LogP contribution in [0.25, 0.3) is 0 Å². The highest BCUT2D eigenvalue weighted by Crippen LogP contribution is 2.23. The van der Waals surface area contributed by atoms with Gasteiger partial charge in [0.15, 0.2) is 11.6 Å². The predicted molar refractivity (Wildman–Crippen MR) is 64.3 cm³/mol. The van der Waals surface area contributed by atoms with Crippen LogP contribution >= 0.6 is 0 Å². The van der Waals surface area contributed by atoms with Crippen LogP contribution in [0.3, 0.4) is 0 Å². The van der Waals surface area contributed by atoms with Gasteiger partial charge in [-0.05, 0) is 18.2 Å². The van der Waals surface area contributed by atoms with Crippen molar-refractivity contribution in [2.45, 2.75) is 4.90 Å². The van der Waals surface area contributed by atoms with Crippen LogP contribution in [0.4, 0.5) is 14.5 Å². The van der Waals surface area contributed by atoms with Crippen LogP contribution in [0.2, 0.25) is 0 Å². The number of primary sulfonamides is 1. The summed E-state index contributed by atoms with van der Waals surface area (Å²) in [4.78, 5) is 10.9. The van der Waals surface area contributed by atoms with Crippen LogP contribution in [-0.4, -0.2) is 24.5 Å². The van der Waals surface area contributed by atoms with E-state index in [0.29, 0.717) is 12.1 Å². The lowest BCUT2D eigenvalue weighted by molar-refractivity contribution is 0.102. The van der Waals surface area contributed by atoms with Gasteiger partial charge in [0.05, 0.1) is 4.90 Å². The molecule has 0 saturated carbocycles. The number of nitrogens with one attached hydrogen (secondary N) is 2. The Kier molecular flexibility index (Phi) is 3.51. The monoisotopic (exact) mass is 302 g/mol. The minimum atomic E-state index is -4.25. The van der Waals surface area contributed by atoms with Crippen LogP contribution in [0.1, 0.15) is 10.5 Å². The van der Waals surface area contributed by atoms with Gasteiger partial charge >= 0.3 is 0 Å². The van der Waals surface area contributed by atoms with Crippen molar-refractivity contribution in [3.05, 3.63) is 41.7 Å². The summed E-state index contributed by atoms with van der Waals surface area (Å²) < 4.78 is 49.3. The van der Waals surface area contributed by atoms with E-state index >= 15 is 0 Å². The molecule has 0 aliphatic carbocycles. The Morgan fingerprint density at radius 1 is 1.30 bits per heavy atom. The maximum absolute atomic E-state index is 13.6. The molecule has 2 rings (SSSR count). The molecule has 0 atom stereocenters. The Labute approximate surface area is 111 Å². The van der Waals surface area contributed by atoms with Crippen molar-refractivity contribution in [1.29, 1.82) is 0 Å². The number of H-pyrrole nitrogens is 1. The molecular weight excluding hydrogens is 294 g/mol. The van der Waals surface area contributed by atoms with Gasteiger partial charge in [0.2, 0.25) is 10.0 Å². The number of hydrogen-bond donors (Lipinski definition) is 3. The third kappa shape index (κ3) is 2.81. The lowest BCUT2D eigenvalue weighted by Crippen LogP contribution is -2.17. The number of rotatable bonds is 3. The normalized spacial score (nSPS) is 11.3. The summed E-state index contributed by atoms with van der Waals surface area (Å²) in [5, 5.41) is 12.5. The fourth-order valence-electron chi connectivity index (χ4n) is 1.40. The Bertz CT molecular complexity index is 736. The van der Waals surface area contributed by atoms with E-state index in [4.69, 9.17) is 5.14 Å². The molecule has 4 N–H and O–H groups in total. The van der Waals surface area contributed by atoms with Gasteiger partial charge < -0.3 is 5.32 Å². The maximum Gasteiger partial charge on any atom is 0.273 e. The number of aromatic amines is 1. The van der Waals surface area contributed by atoms with Gasteiger partial charge in [-0.15, -0.1) is 0 Å². The highest BCUT2D eigenvalue weighted by Gasteiger charge is 2.19. The van der Waals surface area contributed by atoms with Gasteiger partial charge in [0, 0.05) is 6.20 Å². The van der Waals surface area contributed by atoms with Crippen molar-refractivity contribution >= 4 is 21.6 Å². The van der Waals surface area contributed by atoms with E-state index in [0.717, 1.165) is 0 Å². The Morgan fingerprint density at radius 3 is 2.35 bits per heavy atom. The van der Waals surface area contributed by atoms with Gasteiger partial charge in [-0.25, -0.2) is 22.3 Å². The number of carbonyl (C=O) groups excluding carboxylic acids is 1. The number of amides is 1. The topological polar surface area (TPSA) is 118 Å². The van der Waals surface area contributed by atoms with Crippen LogP contribution in [-0.2, 0) is 10.0 Å². The molecule has 0 radical (unpaired) electrons. The molecule has 1 aromatic heterocycles. The second-order valence-corrected chi connectivity index (χ2v) is 5.29. The highest BCUT2D eigenvalue weighted by atomic mass is 32.2. The predicted octanol–water partition coefficient (Wildman–Crippen LogP) is 0.588. The zero-order valence-electron chi connectivity index (χ0n) is 9.72. The maximum atomic E-state index is 13.6. The van der Waals surface area contributed by atoms with Crippen molar-refractivity contribution in [2.75, 3.05) is 5.32 Å². The van der Waals surface area contributed by atoms with Gasteiger partial charge in [0.1, 0.15) is 11.4 Å². The number of nitrogens with zero attached hydrogens (tertiary/aromatic N) is 1. The number of sulfonamides is 1. The van der Waals surface area contributed by atoms with Gasteiger partial charge in [-0.2, -0.15) is 5.10 Å². The summed E-state index contributed by atoms with van der Waals surface area (Å²) in [6.45, 7) is 0. The van der Waals surface area contributed by atoms with Gasteiger partial charge in [-0.3, -0.25) is 9.89 Å². The second kappa shape index (κ2) is 4.98. The molecule has 0 fully saturated rings. The SMILES string of the molecule is NS(=O)(=O)c1cc(F)c(NC(=O)c2ccn[nH]2)c(F)c1. The van der Waals surface area contributed by atoms with Crippen LogP contribution < -0.4 is 10.5 Å². The minimum Gasteiger partial charge on any atom is -0.316 e. The molecular formula is C10H8F2N4O3S. The molecule has 10 heteroatoms. The summed E-state index contributed by atoms with van der Waals surface area (Å²) in [5.74, 6) is -3.35. The Balaban J connectivity index is 2.37. The third-order valence-corrected chi connectivity index (χ3v) is 3.22. The lowest BCUT2D eigenvalue weighted by atomic mass is 10.2. The van der Waals surface area contributed by atoms with Gasteiger partial charge in [-0.1, -0.05) is 0 Å². The van der Waals surface area contributed by atoms with Crippen molar-refractivity contribution in [3.8, 4) is 0 Å². The lowest BCUT2D eigenvalue weighted by Gasteiger charge is -2.08. The molecule has 0 bridgehead atoms. The molecule has 7 nitrogen and oxygen atoms in total. The zero-order valence-corrected chi connectivity index (χ0v) is 10.5. The number of anilines is 1. The summed E-state index contributed by atoms with van der Waals surface area (Å²) in [6.07, 6.45) is 1.28. The first kappa shape index (κ1) is 14.1. The van der Waals surface area contributed by atoms with Gasteiger partial charge in [0.25, 0.3) is 5.91 Å². The summed E-state index contributed by atoms with van der Waals surface area (Å²) in [7, 11) is -4.25. The summed E-state index contributed by atoms with van der Waals surface area (Å²) >= 11 is 0. The summed E-state index contributed by atoms with van der Waals surface area (Å²) in [6, 6.07) is 2.33. The van der Waals surface area contributed by atoms with E-state index < -0.39 is 38.1 Å². The van der Waals surface area contributed by atoms with E-state index in [-0.39, 0.29) is 5.69 Å². The van der Waals surface area contributed by atoms with E-state index in [1.54, 1.807) is 0 Å².